The topological polar surface area (TPSA) is 97.6 Å². The molecular weight excluding hydrogens is 396 g/mol. The molecule has 7 nitrogen and oxygen atoms in total. The Morgan fingerprint density at radius 3 is 2.74 bits per heavy atom. The molecule has 0 unspecified atom stereocenters. The molecule has 3 rings (SSSR count). The van der Waals surface area contributed by atoms with Crippen molar-refractivity contribution in [2.75, 3.05) is 11.9 Å². The number of hydrogen-bond acceptors (Lipinski definition) is 6. The van der Waals surface area contributed by atoms with Crippen LogP contribution in [-0.2, 0) is 20.7 Å². The number of esters is 1. The van der Waals surface area contributed by atoms with Gasteiger partial charge in [0.25, 0.3) is 5.91 Å². The zero-order valence-corrected chi connectivity index (χ0v) is 17.7. The van der Waals surface area contributed by atoms with Gasteiger partial charge in [-0.25, -0.2) is 4.79 Å². The monoisotopic (exact) mass is 420 g/mol. The van der Waals surface area contributed by atoms with E-state index in [1.807, 2.05) is 32.0 Å². The van der Waals surface area contributed by atoms with Gasteiger partial charge in [-0.2, -0.15) is 5.26 Å². The first-order chi connectivity index (χ1) is 14.9. The van der Waals surface area contributed by atoms with Crippen LogP contribution < -0.4 is 14.8 Å². The van der Waals surface area contributed by atoms with E-state index in [1.165, 1.54) is 13.0 Å². The highest BCUT2D eigenvalue weighted by molar-refractivity contribution is 5.96. The van der Waals surface area contributed by atoms with Crippen LogP contribution in [0, 0.1) is 11.3 Å². The summed E-state index contributed by atoms with van der Waals surface area (Å²) < 4.78 is 16.7. The van der Waals surface area contributed by atoms with E-state index in [4.69, 9.17) is 19.5 Å². The number of anilines is 1. The Labute approximate surface area is 181 Å². The maximum absolute atomic E-state index is 12.3. The number of hydrogen-bond donors (Lipinski definition) is 1. The number of nitrogens with zero attached hydrogens (tertiary/aromatic N) is 1. The van der Waals surface area contributed by atoms with E-state index < -0.39 is 18.0 Å². The molecule has 1 amide bonds. The number of benzene rings is 2. The molecule has 0 saturated heterocycles. The molecule has 1 aliphatic heterocycles. The lowest BCUT2D eigenvalue weighted by molar-refractivity contribution is -0.148. The Balaban J connectivity index is 1.62. The minimum absolute atomic E-state index is 0.101. The molecule has 2 atom stereocenters. The number of amides is 1. The molecule has 1 aliphatic rings. The zero-order chi connectivity index (χ0) is 22.4. The third-order valence-corrected chi connectivity index (χ3v) is 4.67. The molecule has 0 aliphatic carbocycles. The van der Waals surface area contributed by atoms with Gasteiger partial charge in [-0.1, -0.05) is 0 Å². The lowest BCUT2D eigenvalue weighted by Crippen LogP contribution is -2.29. The van der Waals surface area contributed by atoms with E-state index in [0.717, 1.165) is 17.7 Å². The minimum atomic E-state index is -0.997. The Kier molecular flexibility index (Phi) is 6.93. The summed E-state index contributed by atoms with van der Waals surface area (Å²) in [6, 6.07) is 12.2. The van der Waals surface area contributed by atoms with E-state index in [0.29, 0.717) is 29.2 Å². The highest BCUT2D eigenvalue weighted by Crippen LogP contribution is 2.35. The van der Waals surface area contributed by atoms with Crippen molar-refractivity contribution in [1.29, 1.82) is 5.26 Å². The SMILES string of the molecule is CCOc1cc2c(cc1/C=C/C(=O)O[C@H](C)C(=O)Nc1ccc(C#N)cc1)O[C@@H](C)C2. The number of rotatable bonds is 7. The van der Waals surface area contributed by atoms with E-state index >= 15 is 0 Å². The van der Waals surface area contributed by atoms with Gasteiger partial charge in [0, 0.05) is 29.3 Å². The number of carbonyl (C=O) groups excluding carboxylic acids is 2. The molecule has 7 heteroatoms. The predicted octanol–water partition coefficient (Wildman–Crippen LogP) is 3.86. The number of fused-ring (bicyclic) bond motifs is 1. The van der Waals surface area contributed by atoms with Crippen LogP contribution in [0.3, 0.4) is 0 Å². The lowest BCUT2D eigenvalue weighted by atomic mass is 10.1. The molecule has 31 heavy (non-hydrogen) atoms. The quantitative estimate of drug-likeness (QED) is 0.540. The molecule has 0 saturated carbocycles. The van der Waals surface area contributed by atoms with Crippen LogP contribution >= 0.6 is 0 Å². The van der Waals surface area contributed by atoms with Crippen LogP contribution in [0.4, 0.5) is 5.69 Å². The maximum atomic E-state index is 12.3. The Bertz CT molecular complexity index is 1040. The Morgan fingerprint density at radius 2 is 2.06 bits per heavy atom. The summed E-state index contributed by atoms with van der Waals surface area (Å²) >= 11 is 0. The fourth-order valence-electron chi connectivity index (χ4n) is 3.16. The number of nitrogens with one attached hydrogen (secondary N) is 1. The molecule has 1 N–H and O–H groups in total. The fourth-order valence-corrected chi connectivity index (χ4v) is 3.16. The van der Waals surface area contributed by atoms with Gasteiger partial charge >= 0.3 is 5.97 Å². The zero-order valence-electron chi connectivity index (χ0n) is 17.7. The van der Waals surface area contributed by atoms with Gasteiger partial charge < -0.3 is 19.5 Å². The van der Waals surface area contributed by atoms with E-state index in [2.05, 4.69) is 5.32 Å². The normalized spacial score (nSPS) is 15.5. The fraction of sp³-hybridized carbons (Fsp3) is 0.292. The second kappa shape index (κ2) is 9.81. The summed E-state index contributed by atoms with van der Waals surface area (Å²) in [5.41, 5.74) is 2.77. The Hall–Kier alpha value is -3.79. The van der Waals surface area contributed by atoms with Gasteiger partial charge in [-0.15, -0.1) is 0 Å². The smallest absolute Gasteiger partial charge is 0.331 e. The van der Waals surface area contributed by atoms with Gasteiger partial charge in [0.15, 0.2) is 6.10 Å². The van der Waals surface area contributed by atoms with Crippen LogP contribution in [-0.4, -0.2) is 30.7 Å². The lowest BCUT2D eigenvalue weighted by Gasteiger charge is -2.13. The molecular formula is C24H24N2O5. The number of nitriles is 1. The van der Waals surface area contributed by atoms with Gasteiger partial charge in [0.1, 0.15) is 17.6 Å². The molecule has 2 aromatic rings. The van der Waals surface area contributed by atoms with Crippen LogP contribution in [0.2, 0.25) is 0 Å². The van der Waals surface area contributed by atoms with Crippen LogP contribution in [0.5, 0.6) is 11.5 Å². The van der Waals surface area contributed by atoms with E-state index in [9.17, 15) is 9.59 Å². The van der Waals surface area contributed by atoms with Crippen molar-refractivity contribution < 1.29 is 23.8 Å². The van der Waals surface area contributed by atoms with Crippen LogP contribution in [0.1, 0.15) is 37.5 Å². The average molecular weight is 420 g/mol. The molecule has 0 spiro atoms. The average Bonchev–Trinajstić information content (AvgIpc) is 3.11. The molecule has 0 bridgehead atoms. The molecule has 0 radical (unpaired) electrons. The summed E-state index contributed by atoms with van der Waals surface area (Å²) in [7, 11) is 0. The largest absolute Gasteiger partial charge is 0.493 e. The van der Waals surface area contributed by atoms with Crippen molar-refractivity contribution in [3.8, 4) is 17.6 Å². The second-order valence-corrected chi connectivity index (χ2v) is 7.15. The van der Waals surface area contributed by atoms with Crippen molar-refractivity contribution in [2.24, 2.45) is 0 Å². The second-order valence-electron chi connectivity index (χ2n) is 7.15. The highest BCUT2D eigenvalue weighted by Gasteiger charge is 2.21. The van der Waals surface area contributed by atoms with Gasteiger partial charge in [0.2, 0.25) is 0 Å². The summed E-state index contributed by atoms with van der Waals surface area (Å²) in [6.07, 6.45) is 2.76. The molecule has 2 aromatic carbocycles. The van der Waals surface area contributed by atoms with E-state index in [1.54, 1.807) is 30.3 Å². The summed E-state index contributed by atoms with van der Waals surface area (Å²) in [5.74, 6) is 0.315. The van der Waals surface area contributed by atoms with Gasteiger partial charge in [-0.05, 0) is 63.2 Å². The standard InChI is InChI=1S/C24H24N2O5/c1-4-29-21-13-19-11-15(2)30-22(19)12-18(21)7-10-23(27)31-16(3)24(28)26-20-8-5-17(14-25)6-9-20/h5-10,12-13,15-16H,4,11H2,1-3H3,(H,26,28)/b10-7+/t15-,16+/m0/s1. The predicted molar refractivity (Wildman–Crippen MR) is 116 cm³/mol. The first kappa shape index (κ1) is 21.9. The maximum Gasteiger partial charge on any atom is 0.331 e. The molecule has 0 aromatic heterocycles. The first-order valence-electron chi connectivity index (χ1n) is 10.1. The van der Waals surface area contributed by atoms with Gasteiger partial charge in [-0.3, -0.25) is 4.79 Å². The van der Waals surface area contributed by atoms with Crippen molar-refractivity contribution in [1.82, 2.24) is 0 Å². The molecule has 160 valence electrons. The Morgan fingerprint density at radius 1 is 1.32 bits per heavy atom. The molecule has 1 heterocycles. The summed E-state index contributed by atoms with van der Waals surface area (Å²) in [5, 5.41) is 11.5. The van der Waals surface area contributed by atoms with Crippen molar-refractivity contribution in [3.05, 3.63) is 59.2 Å². The van der Waals surface area contributed by atoms with Crippen molar-refractivity contribution in [2.45, 2.75) is 39.4 Å². The van der Waals surface area contributed by atoms with Crippen LogP contribution in [0.25, 0.3) is 6.08 Å². The van der Waals surface area contributed by atoms with Crippen molar-refractivity contribution >= 4 is 23.6 Å². The minimum Gasteiger partial charge on any atom is -0.493 e. The van der Waals surface area contributed by atoms with Gasteiger partial charge in [0.05, 0.1) is 18.2 Å². The third-order valence-electron chi connectivity index (χ3n) is 4.67. The van der Waals surface area contributed by atoms with Crippen LogP contribution in [0.15, 0.2) is 42.5 Å². The van der Waals surface area contributed by atoms with E-state index in [-0.39, 0.29) is 6.10 Å². The highest BCUT2D eigenvalue weighted by atomic mass is 16.5. The first-order valence-corrected chi connectivity index (χ1v) is 10.1. The number of carbonyl (C=O) groups is 2. The third kappa shape index (κ3) is 5.64. The van der Waals surface area contributed by atoms with Crippen molar-refractivity contribution in [3.63, 3.8) is 0 Å². The summed E-state index contributed by atoms with van der Waals surface area (Å²) in [6.45, 7) is 5.87. The number of ether oxygens (including phenoxy) is 3. The molecule has 0 fully saturated rings. The summed E-state index contributed by atoms with van der Waals surface area (Å²) in [4.78, 5) is 24.5.